The quantitative estimate of drug-likeness (QED) is 0.422. The third kappa shape index (κ3) is 5.48. The smallest absolute Gasteiger partial charge is 0.273 e. The fraction of sp³-hybridized carbons (Fsp3) is 0.333. The highest BCUT2D eigenvalue weighted by Crippen LogP contribution is 2.36. The van der Waals surface area contributed by atoms with Gasteiger partial charge in [0.1, 0.15) is 16.7 Å². The van der Waals surface area contributed by atoms with Gasteiger partial charge in [0.15, 0.2) is 5.69 Å². The molecule has 1 unspecified atom stereocenters. The van der Waals surface area contributed by atoms with Crippen LogP contribution in [0.3, 0.4) is 0 Å². The lowest BCUT2D eigenvalue weighted by molar-refractivity contribution is -0.123. The minimum absolute atomic E-state index is 0.00714. The van der Waals surface area contributed by atoms with Crippen LogP contribution in [-0.2, 0) is 4.79 Å². The molecule has 8 nitrogen and oxygen atoms in total. The molecule has 1 aromatic heterocycles. The first-order valence-electron chi connectivity index (χ1n) is 12.2. The average Bonchev–Trinajstić information content (AvgIpc) is 3.27. The summed E-state index contributed by atoms with van der Waals surface area (Å²) in [5.74, 6) is -2.30. The maximum Gasteiger partial charge on any atom is 0.273 e. The predicted molar refractivity (Wildman–Crippen MR) is 142 cm³/mol. The minimum Gasteiger partial charge on any atom is -0.395 e. The van der Waals surface area contributed by atoms with E-state index < -0.39 is 23.7 Å². The lowest BCUT2D eigenvalue weighted by Crippen LogP contribution is -2.47. The van der Waals surface area contributed by atoms with Gasteiger partial charge in [-0.15, -0.1) is 0 Å². The summed E-state index contributed by atoms with van der Waals surface area (Å²) in [5, 5.41) is 3.12. The number of carbonyl (C=O) groups excluding carboxylic acids is 3. The first-order chi connectivity index (χ1) is 17.7. The molecule has 3 aromatic rings. The molecule has 0 radical (unpaired) electrons. The third-order valence-electron chi connectivity index (χ3n) is 6.85. The van der Waals surface area contributed by atoms with Gasteiger partial charge in [-0.2, -0.15) is 4.37 Å². The largest absolute Gasteiger partial charge is 0.395 e. The summed E-state index contributed by atoms with van der Waals surface area (Å²) in [7, 11) is 0. The zero-order chi connectivity index (χ0) is 26.7. The number of anilines is 2. The molecular formula is C27H30FN5O3S. The zero-order valence-corrected chi connectivity index (χ0v) is 21.6. The SMILES string of the molecule is Cc1cccc(N(C(=O)c2snc(C(N)=O)c2N)C(C(=O)NC2CCCCC2)c2ccc(F)cc2)c1C. The molecule has 0 bridgehead atoms. The Kier molecular flexibility index (Phi) is 7.87. The lowest BCUT2D eigenvalue weighted by Gasteiger charge is -2.34. The summed E-state index contributed by atoms with van der Waals surface area (Å²) in [6.07, 6.45) is 4.85. The number of hydrogen-bond acceptors (Lipinski definition) is 6. The highest BCUT2D eigenvalue weighted by molar-refractivity contribution is 7.09. The fourth-order valence-corrected chi connectivity index (χ4v) is 5.43. The number of carbonyl (C=O) groups is 3. The summed E-state index contributed by atoms with van der Waals surface area (Å²) in [5.41, 5.74) is 13.8. The molecule has 3 amide bonds. The standard InChI is InChI=1S/C27H30FN5O3S/c1-15-7-6-10-20(16(15)2)33(27(36)24-21(29)22(25(30)34)32-37-24)23(17-11-13-18(28)14-12-17)26(35)31-19-8-4-3-5-9-19/h6-7,10-14,19,23H,3-5,8-9,29H2,1-2H3,(H2,30,34)(H,31,35). The van der Waals surface area contributed by atoms with E-state index in [9.17, 15) is 18.8 Å². The van der Waals surface area contributed by atoms with Crippen LogP contribution in [0, 0.1) is 19.7 Å². The van der Waals surface area contributed by atoms with Crippen LogP contribution < -0.4 is 21.7 Å². The van der Waals surface area contributed by atoms with E-state index in [0.29, 0.717) is 11.3 Å². The minimum atomic E-state index is -1.13. The van der Waals surface area contributed by atoms with Crippen molar-refractivity contribution in [2.24, 2.45) is 5.73 Å². The molecular weight excluding hydrogens is 493 g/mol. The van der Waals surface area contributed by atoms with Crippen LogP contribution in [-0.4, -0.2) is 28.1 Å². The molecule has 1 aliphatic rings. The van der Waals surface area contributed by atoms with Gasteiger partial charge in [0.25, 0.3) is 11.8 Å². The molecule has 0 saturated heterocycles. The van der Waals surface area contributed by atoms with Gasteiger partial charge >= 0.3 is 0 Å². The summed E-state index contributed by atoms with van der Waals surface area (Å²) in [4.78, 5) is 41.2. The van der Waals surface area contributed by atoms with Crippen molar-refractivity contribution in [3.63, 3.8) is 0 Å². The number of aryl methyl sites for hydroxylation is 1. The van der Waals surface area contributed by atoms with Crippen LogP contribution in [0.4, 0.5) is 15.8 Å². The third-order valence-corrected chi connectivity index (χ3v) is 7.70. The Hall–Kier alpha value is -3.79. The second-order valence-electron chi connectivity index (χ2n) is 9.33. The summed E-state index contributed by atoms with van der Waals surface area (Å²) in [6.45, 7) is 3.76. The van der Waals surface area contributed by atoms with Crippen LogP contribution in [0.1, 0.15) is 75.0 Å². The van der Waals surface area contributed by atoms with Crippen LogP contribution in [0.2, 0.25) is 0 Å². The highest BCUT2D eigenvalue weighted by Gasteiger charge is 2.37. The molecule has 1 saturated carbocycles. The molecule has 1 atom stereocenters. The van der Waals surface area contributed by atoms with E-state index in [1.54, 1.807) is 12.1 Å². The first-order valence-corrected chi connectivity index (χ1v) is 13.0. The number of amides is 3. The van der Waals surface area contributed by atoms with Crippen molar-refractivity contribution in [3.05, 3.63) is 75.5 Å². The first kappa shape index (κ1) is 26.3. The number of rotatable bonds is 7. The lowest BCUT2D eigenvalue weighted by atomic mass is 9.94. The van der Waals surface area contributed by atoms with E-state index >= 15 is 0 Å². The highest BCUT2D eigenvalue weighted by atomic mass is 32.1. The molecule has 194 valence electrons. The summed E-state index contributed by atoms with van der Waals surface area (Å²) in [6, 6.07) is 9.81. The van der Waals surface area contributed by atoms with Gasteiger partial charge in [0.2, 0.25) is 5.91 Å². The number of primary amides is 1. The Morgan fingerprint density at radius 3 is 2.38 bits per heavy atom. The second-order valence-corrected chi connectivity index (χ2v) is 10.1. The molecule has 5 N–H and O–H groups in total. The number of nitrogens with zero attached hydrogens (tertiary/aromatic N) is 2. The maximum atomic E-state index is 14.2. The Bertz CT molecular complexity index is 1320. The monoisotopic (exact) mass is 523 g/mol. The van der Waals surface area contributed by atoms with E-state index in [1.165, 1.54) is 29.2 Å². The number of nitrogen functional groups attached to an aromatic ring is 1. The second kappa shape index (κ2) is 11.1. The molecule has 0 spiro atoms. The normalized spacial score (nSPS) is 14.7. The van der Waals surface area contributed by atoms with Crippen molar-refractivity contribution >= 4 is 40.6 Å². The Balaban J connectivity index is 1.88. The van der Waals surface area contributed by atoms with Crippen LogP contribution in [0.5, 0.6) is 0 Å². The number of benzene rings is 2. The van der Waals surface area contributed by atoms with Crippen molar-refractivity contribution < 1.29 is 18.8 Å². The van der Waals surface area contributed by atoms with Crippen molar-refractivity contribution in [2.75, 3.05) is 10.6 Å². The number of hydrogen-bond donors (Lipinski definition) is 3. The Morgan fingerprint density at radius 2 is 1.76 bits per heavy atom. The predicted octanol–water partition coefficient (Wildman–Crippen LogP) is 4.42. The van der Waals surface area contributed by atoms with Crippen LogP contribution >= 0.6 is 11.5 Å². The van der Waals surface area contributed by atoms with Gasteiger partial charge < -0.3 is 16.8 Å². The molecule has 37 heavy (non-hydrogen) atoms. The Morgan fingerprint density at radius 1 is 1.08 bits per heavy atom. The van der Waals surface area contributed by atoms with Gasteiger partial charge in [-0.3, -0.25) is 19.3 Å². The summed E-state index contributed by atoms with van der Waals surface area (Å²) >= 11 is 0.749. The van der Waals surface area contributed by atoms with Gasteiger partial charge in [0, 0.05) is 11.7 Å². The number of nitrogens with two attached hydrogens (primary N) is 2. The fourth-order valence-electron chi connectivity index (χ4n) is 4.69. The van der Waals surface area contributed by atoms with E-state index in [2.05, 4.69) is 9.69 Å². The molecule has 4 rings (SSSR count). The molecule has 0 aliphatic heterocycles. The van der Waals surface area contributed by atoms with Crippen molar-refractivity contribution in [1.82, 2.24) is 9.69 Å². The van der Waals surface area contributed by atoms with Gasteiger partial charge in [-0.05, 0) is 73.1 Å². The topological polar surface area (TPSA) is 131 Å². The number of nitrogens with one attached hydrogen (secondary N) is 1. The van der Waals surface area contributed by atoms with Gasteiger partial charge in [0.05, 0.1) is 5.69 Å². The van der Waals surface area contributed by atoms with Gasteiger partial charge in [-0.25, -0.2) is 4.39 Å². The van der Waals surface area contributed by atoms with Crippen LogP contribution in [0.25, 0.3) is 0 Å². The summed E-state index contributed by atoms with van der Waals surface area (Å²) < 4.78 is 17.9. The molecule has 1 aliphatic carbocycles. The molecule has 2 aromatic carbocycles. The van der Waals surface area contributed by atoms with Crippen molar-refractivity contribution in [3.8, 4) is 0 Å². The van der Waals surface area contributed by atoms with E-state index in [4.69, 9.17) is 11.5 Å². The van der Waals surface area contributed by atoms with Crippen molar-refractivity contribution in [1.29, 1.82) is 0 Å². The zero-order valence-electron chi connectivity index (χ0n) is 20.8. The molecule has 10 heteroatoms. The average molecular weight is 524 g/mol. The number of halogens is 1. The molecule has 1 heterocycles. The Labute approximate surface area is 219 Å². The van der Waals surface area contributed by atoms with Crippen molar-refractivity contribution in [2.45, 2.75) is 58.0 Å². The van der Waals surface area contributed by atoms with E-state index in [-0.39, 0.29) is 28.2 Å². The van der Waals surface area contributed by atoms with Crippen LogP contribution in [0.15, 0.2) is 42.5 Å². The van der Waals surface area contributed by atoms with Gasteiger partial charge in [-0.1, -0.05) is 43.5 Å². The maximum absolute atomic E-state index is 14.2. The number of aromatic nitrogens is 1. The van der Waals surface area contributed by atoms with E-state index in [0.717, 1.165) is 54.8 Å². The molecule has 1 fully saturated rings. The van der Waals surface area contributed by atoms with E-state index in [1.807, 2.05) is 19.9 Å².